The van der Waals surface area contributed by atoms with E-state index in [0.29, 0.717) is 13.0 Å². The maximum absolute atomic E-state index is 12.1. The van der Waals surface area contributed by atoms with E-state index < -0.39 is 12.1 Å². The number of rotatable bonds is 6. The molecular weight excluding hydrogens is 332 g/mol. The van der Waals surface area contributed by atoms with Gasteiger partial charge >= 0.3 is 6.03 Å². The summed E-state index contributed by atoms with van der Waals surface area (Å²) in [7, 11) is 0. The van der Waals surface area contributed by atoms with Gasteiger partial charge in [-0.05, 0) is 37.8 Å². The van der Waals surface area contributed by atoms with Crippen LogP contribution in [-0.4, -0.2) is 47.4 Å². The summed E-state index contributed by atoms with van der Waals surface area (Å²) in [5, 5.41) is 7.64. The zero-order valence-electron chi connectivity index (χ0n) is 15.3. The van der Waals surface area contributed by atoms with E-state index in [4.69, 9.17) is 0 Å². The van der Waals surface area contributed by atoms with Crippen molar-refractivity contribution < 1.29 is 14.4 Å². The molecule has 1 aromatic rings. The molecule has 1 fully saturated rings. The third-order valence-corrected chi connectivity index (χ3v) is 5.22. The second-order valence-electron chi connectivity index (χ2n) is 7.58. The van der Waals surface area contributed by atoms with E-state index >= 15 is 0 Å². The van der Waals surface area contributed by atoms with Gasteiger partial charge in [0.25, 0.3) is 5.91 Å². The molecule has 7 nitrogen and oxygen atoms in total. The van der Waals surface area contributed by atoms with Crippen LogP contribution < -0.4 is 16.0 Å². The Balaban J connectivity index is 1.46. The molecule has 3 rings (SSSR count). The van der Waals surface area contributed by atoms with Gasteiger partial charge in [-0.15, -0.1) is 0 Å². The van der Waals surface area contributed by atoms with Crippen LogP contribution in [0.25, 0.3) is 0 Å². The predicted octanol–water partition coefficient (Wildman–Crippen LogP) is 0.928. The summed E-state index contributed by atoms with van der Waals surface area (Å²) in [6.07, 6.45) is 1.53. The topological polar surface area (TPSA) is 90.5 Å². The maximum Gasteiger partial charge on any atom is 0.322 e. The number of hydrogen-bond donors (Lipinski definition) is 3. The second kappa shape index (κ2) is 7.45. The van der Waals surface area contributed by atoms with Crippen LogP contribution in [0.5, 0.6) is 0 Å². The third kappa shape index (κ3) is 4.22. The number of nitrogens with one attached hydrogen (secondary N) is 3. The number of urea groups is 1. The van der Waals surface area contributed by atoms with Gasteiger partial charge in [-0.25, -0.2) is 4.79 Å². The average molecular weight is 358 g/mol. The minimum Gasteiger partial charge on any atom is -0.354 e. The number of carbonyl (C=O) groups excluding carboxylic acids is 3. The molecule has 140 valence electrons. The van der Waals surface area contributed by atoms with Gasteiger partial charge in [-0.1, -0.05) is 24.3 Å². The molecule has 3 N–H and O–H groups in total. The van der Waals surface area contributed by atoms with Gasteiger partial charge in [0.15, 0.2) is 0 Å². The Morgan fingerprint density at radius 1 is 1.27 bits per heavy atom. The maximum atomic E-state index is 12.1. The summed E-state index contributed by atoms with van der Waals surface area (Å²) >= 11 is 0. The lowest BCUT2D eigenvalue weighted by Gasteiger charge is -2.41. The van der Waals surface area contributed by atoms with E-state index in [-0.39, 0.29) is 23.8 Å². The molecule has 0 bridgehead atoms. The Bertz CT molecular complexity index is 716. The molecule has 2 aliphatic heterocycles. The summed E-state index contributed by atoms with van der Waals surface area (Å²) < 4.78 is 0. The lowest BCUT2D eigenvalue weighted by molar-refractivity contribution is -0.122. The van der Waals surface area contributed by atoms with Gasteiger partial charge < -0.3 is 10.6 Å². The molecule has 26 heavy (non-hydrogen) atoms. The van der Waals surface area contributed by atoms with Crippen LogP contribution in [0.2, 0.25) is 0 Å². The lowest BCUT2D eigenvalue weighted by atomic mass is 9.94. The van der Waals surface area contributed by atoms with Crippen LogP contribution in [-0.2, 0) is 22.6 Å². The Morgan fingerprint density at radius 3 is 2.69 bits per heavy atom. The second-order valence-corrected chi connectivity index (χ2v) is 7.58. The number of benzene rings is 1. The Labute approximate surface area is 153 Å². The Kier molecular flexibility index (Phi) is 5.27. The van der Waals surface area contributed by atoms with Crippen molar-refractivity contribution in [2.45, 2.75) is 51.2 Å². The predicted molar refractivity (Wildman–Crippen MR) is 97.3 cm³/mol. The van der Waals surface area contributed by atoms with Crippen LogP contribution in [0, 0.1) is 0 Å². The van der Waals surface area contributed by atoms with Crippen molar-refractivity contribution in [2.75, 3.05) is 13.1 Å². The fourth-order valence-electron chi connectivity index (χ4n) is 3.47. The fourth-order valence-corrected chi connectivity index (χ4v) is 3.47. The van der Waals surface area contributed by atoms with E-state index in [1.165, 1.54) is 11.1 Å². The smallest absolute Gasteiger partial charge is 0.322 e. The molecule has 2 aliphatic rings. The van der Waals surface area contributed by atoms with Gasteiger partial charge in [0.05, 0.1) is 0 Å². The van der Waals surface area contributed by atoms with Crippen molar-refractivity contribution in [3.63, 3.8) is 0 Å². The van der Waals surface area contributed by atoms with Crippen LogP contribution in [0.3, 0.4) is 0 Å². The molecule has 0 aromatic heterocycles. The first-order valence-electron chi connectivity index (χ1n) is 9.05. The monoisotopic (exact) mass is 358 g/mol. The molecule has 0 radical (unpaired) electrons. The summed E-state index contributed by atoms with van der Waals surface area (Å²) in [6, 6.07) is 7.38. The first kappa shape index (κ1) is 18.4. The van der Waals surface area contributed by atoms with Crippen LogP contribution in [0.1, 0.15) is 37.8 Å². The number of amides is 4. The number of carbonyl (C=O) groups is 3. The third-order valence-electron chi connectivity index (χ3n) is 5.22. The standard InChI is InChI=1S/C19H26N4O3/c1-19(2,23-10-9-13-5-3-4-6-14(13)11-23)12-20-16(24)8-7-15-17(25)22-18(26)21-15/h3-6,15H,7-12H2,1-2H3,(H,20,24)(H2,21,22,25,26). The SMILES string of the molecule is CC(C)(CNC(=O)CCC1NC(=O)NC1=O)N1CCc2ccccc2C1. The Morgan fingerprint density at radius 2 is 2.00 bits per heavy atom. The van der Waals surface area contributed by atoms with Gasteiger partial charge in [0, 0.05) is 31.6 Å². The molecule has 7 heteroatoms. The highest BCUT2D eigenvalue weighted by Gasteiger charge is 2.31. The zero-order valence-corrected chi connectivity index (χ0v) is 15.3. The molecule has 0 aliphatic carbocycles. The molecular formula is C19H26N4O3. The minimum absolute atomic E-state index is 0.107. The van der Waals surface area contributed by atoms with Crippen molar-refractivity contribution in [1.29, 1.82) is 0 Å². The molecule has 1 unspecified atom stereocenters. The van der Waals surface area contributed by atoms with Crippen LogP contribution in [0.15, 0.2) is 24.3 Å². The quantitative estimate of drug-likeness (QED) is 0.660. The van der Waals surface area contributed by atoms with Crippen molar-refractivity contribution in [3.05, 3.63) is 35.4 Å². The van der Waals surface area contributed by atoms with Crippen molar-refractivity contribution in [1.82, 2.24) is 20.9 Å². The van der Waals surface area contributed by atoms with Gasteiger partial charge in [-0.3, -0.25) is 19.8 Å². The van der Waals surface area contributed by atoms with E-state index in [1.807, 2.05) is 0 Å². The molecule has 1 aromatic carbocycles. The molecule has 4 amide bonds. The minimum atomic E-state index is -0.611. The summed E-state index contributed by atoms with van der Waals surface area (Å²) in [5.41, 5.74) is 2.59. The number of imide groups is 1. The molecule has 1 saturated heterocycles. The number of fused-ring (bicyclic) bond motifs is 1. The summed E-state index contributed by atoms with van der Waals surface area (Å²) in [4.78, 5) is 37.1. The van der Waals surface area contributed by atoms with Crippen LogP contribution in [0.4, 0.5) is 4.79 Å². The molecule has 2 heterocycles. The van der Waals surface area contributed by atoms with Crippen LogP contribution >= 0.6 is 0 Å². The normalized spacial score (nSPS) is 20.3. The largest absolute Gasteiger partial charge is 0.354 e. The highest BCUT2D eigenvalue weighted by molar-refractivity contribution is 6.04. The number of hydrogen-bond acceptors (Lipinski definition) is 4. The van der Waals surface area contributed by atoms with Gasteiger partial charge in [0.1, 0.15) is 6.04 Å². The highest BCUT2D eigenvalue weighted by Crippen LogP contribution is 2.24. The average Bonchev–Trinajstić information content (AvgIpc) is 2.95. The van der Waals surface area contributed by atoms with Crippen molar-refractivity contribution >= 4 is 17.8 Å². The number of nitrogens with zero attached hydrogens (tertiary/aromatic N) is 1. The molecule has 0 saturated carbocycles. The first-order chi connectivity index (χ1) is 12.3. The fraction of sp³-hybridized carbons (Fsp3) is 0.526. The van der Waals surface area contributed by atoms with Gasteiger partial charge in [0.2, 0.25) is 5.91 Å². The molecule has 0 spiro atoms. The molecule has 1 atom stereocenters. The first-order valence-corrected chi connectivity index (χ1v) is 9.05. The zero-order chi connectivity index (χ0) is 18.7. The van der Waals surface area contributed by atoms with E-state index in [0.717, 1.165) is 19.5 Å². The highest BCUT2D eigenvalue weighted by atomic mass is 16.2. The summed E-state index contributed by atoms with van der Waals surface area (Å²) in [6.45, 7) is 6.65. The summed E-state index contributed by atoms with van der Waals surface area (Å²) in [5.74, 6) is -0.473. The van der Waals surface area contributed by atoms with E-state index in [2.05, 4.69) is 59.0 Å². The Hall–Kier alpha value is -2.41. The van der Waals surface area contributed by atoms with Crippen molar-refractivity contribution in [2.24, 2.45) is 0 Å². The van der Waals surface area contributed by atoms with E-state index in [1.54, 1.807) is 0 Å². The van der Waals surface area contributed by atoms with Crippen molar-refractivity contribution in [3.8, 4) is 0 Å². The lowest BCUT2D eigenvalue weighted by Crippen LogP contribution is -2.53. The van der Waals surface area contributed by atoms with Gasteiger partial charge in [-0.2, -0.15) is 0 Å². The van der Waals surface area contributed by atoms with E-state index in [9.17, 15) is 14.4 Å².